The fourth-order valence-electron chi connectivity index (χ4n) is 1.53. The van der Waals surface area contributed by atoms with Crippen LogP contribution < -0.4 is 0 Å². The maximum atomic E-state index is 11.6. The number of aromatic carboxylic acids is 1. The third kappa shape index (κ3) is 4.67. The van der Waals surface area contributed by atoms with Crippen LogP contribution in [0.4, 0.5) is 0 Å². The van der Waals surface area contributed by atoms with Crippen molar-refractivity contribution in [3.63, 3.8) is 0 Å². The standard InChI is InChI=1S/C13H19N3O3/c1-4-16(9-12(17)15(2)3)8-10-6-5-7-11(14-10)13(18)19/h5-7H,4,8-9H2,1-3H3,(H,18,19). The number of hydrogen-bond acceptors (Lipinski definition) is 4. The first-order chi connectivity index (χ1) is 8.93. The zero-order valence-electron chi connectivity index (χ0n) is 11.5. The van der Waals surface area contributed by atoms with Gasteiger partial charge in [0.05, 0.1) is 12.2 Å². The predicted octanol–water partition coefficient (Wildman–Crippen LogP) is 0.690. The topological polar surface area (TPSA) is 73.7 Å². The van der Waals surface area contributed by atoms with Gasteiger partial charge in [0.15, 0.2) is 0 Å². The van der Waals surface area contributed by atoms with E-state index >= 15 is 0 Å². The van der Waals surface area contributed by atoms with Crippen molar-refractivity contribution < 1.29 is 14.7 Å². The molecule has 0 saturated heterocycles. The highest BCUT2D eigenvalue weighted by Gasteiger charge is 2.13. The maximum absolute atomic E-state index is 11.6. The number of likely N-dealkylation sites (N-methyl/N-ethyl adjacent to an activating group) is 2. The molecular weight excluding hydrogens is 246 g/mol. The van der Waals surface area contributed by atoms with Gasteiger partial charge in [-0.25, -0.2) is 9.78 Å². The quantitative estimate of drug-likeness (QED) is 0.819. The molecule has 0 aliphatic heterocycles. The summed E-state index contributed by atoms with van der Waals surface area (Å²) in [6, 6.07) is 4.87. The molecule has 1 heterocycles. The fourth-order valence-corrected chi connectivity index (χ4v) is 1.53. The average Bonchev–Trinajstić information content (AvgIpc) is 2.37. The lowest BCUT2D eigenvalue weighted by Gasteiger charge is -2.21. The molecule has 6 nitrogen and oxygen atoms in total. The average molecular weight is 265 g/mol. The van der Waals surface area contributed by atoms with Gasteiger partial charge >= 0.3 is 5.97 Å². The lowest BCUT2D eigenvalue weighted by atomic mass is 10.3. The van der Waals surface area contributed by atoms with Crippen LogP contribution >= 0.6 is 0 Å². The molecule has 0 fully saturated rings. The van der Waals surface area contributed by atoms with E-state index in [2.05, 4.69) is 4.98 Å². The van der Waals surface area contributed by atoms with E-state index in [1.807, 2.05) is 11.8 Å². The number of nitrogens with zero attached hydrogens (tertiary/aromatic N) is 3. The summed E-state index contributed by atoms with van der Waals surface area (Å²) < 4.78 is 0. The molecule has 1 aromatic heterocycles. The lowest BCUT2D eigenvalue weighted by Crippen LogP contribution is -2.36. The number of pyridine rings is 1. The summed E-state index contributed by atoms with van der Waals surface area (Å²) in [4.78, 5) is 30.0. The van der Waals surface area contributed by atoms with Gasteiger partial charge < -0.3 is 10.0 Å². The van der Waals surface area contributed by atoms with Gasteiger partial charge in [0, 0.05) is 20.6 Å². The van der Waals surface area contributed by atoms with Gasteiger partial charge in [-0.2, -0.15) is 0 Å². The van der Waals surface area contributed by atoms with Crippen LogP contribution in [0.5, 0.6) is 0 Å². The van der Waals surface area contributed by atoms with Crippen molar-refractivity contribution >= 4 is 11.9 Å². The molecule has 1 aromatic rings. The first-order valence-corrected chi connectivity index (χ1v) is 6.05. The normalized spacial score (nSPS) is 10.5. The van der Waals surface area contributed by atoms with Crippen molar-refractivity contribution in [1.29, 1.82) is 0 Å². The van der Waals surface area contributed by atoms with Gasteiger partial charge in [0.25, 0.3) is 0 Å². The minimum Gasteiger partial charge on any atom is -0.477 e. The molecule has 0 saturated carbocycles. The van der Waals surface area contributed by atoms with Gasteiger partial charge in [0.2, 0.25) is 5.91 Å². The van der Waals surface area contributed by atoms with Gasteiger partial charge in [-0.15, -0.1) is 0 Å². The van der Waals surface area contributed by atoms with Gasteiger partial charge in [-0.1, -0.05) is 13.0 Å². The van der Waals surface area contributed by atoms with Crippen LogP contribution in [0.25, 0.3) is 0 Å². The Morgan fingerprint density at radius 2 is 2.00 bits per heavy atom. The Kier molecular flexibility index (Phi) is 5.44. The van der Waals surface area contributed by atoms with Crippen molar-refractivity contribution in [2.24, 2.45) is 0 Å². The Balaban J connectivity index is 2.73. The van der Waals surface area contributed by atoms with Crippen molar-refractivity contribution in [3.05, 3.63) is 29.6 Å². The number of rotatable bonds is 6. The summed E-state index contributed by atoms with van der Waals surface area (Å²) in [6.07, 6.45) is 0. The Bertz CT molecular complexity index is 460. The Labute approximate surface area is 112 Å². The third-order valence-corrected chi connectivity index (χ3v) is 2.72. The molecule has 1 amide bonds. The SMILES string of the molecule is CCN(CC(=O)N(C)C)Cc1cccc(C(=O)O)n1. The highest BCUT2D eigenvalue weighted by molar-refractivity contribution is 5.85. The summed E-state index contributed by atoms with van der Waals surface area (Å²) in [7, 11) is 3.42. The minimum atomic E-state index is -1.05. The summed E-state index contributed by atoms with van der Waals surface area (Å²) in [5.74, 6) is -1.04. The predicted molar refractivity (Wildman–Crippen MR) is 70.8 cm³/mol. The second kappa shape index (κ2) is 6.84. The zero-order chi connectivity index (χ0) is 14.4. The molecule has 0 aliphatic rings. The smallest absolute Gasteiger partial charge is 0.354 e. The molecule has 6 heteroatoms. The van der Waals surface area contributed by atoms with Crippen LogP contribution in [-0.4, -0.2) is 59.0 Å². The molecule has 0 atom stereocenters. The van der Waals surface area contributed by atoms with Crippen molar-refractivity contribution in [2.45, 2.75) is 13.5 Å². The van der Waals surface area contributed by atoms with E-state index in [0.717, 1.165) is 0 Å². The van der Waals surface area contributed by atoms with Gasteiger partial charge in [0.1, 0.15) is 5.69 Å². The second-order valence-corrected chi connectivity index (χ2v) is 4.41. The molecule has 1 N–H and O–H groups in total. The molecule has 0 bridgehead atoms. The second-order valence-electron chi connectivity index (χ2n) is 4.41. The zero-order valence-corrected chi connectivity index (χ0v) is 11.5. The fraction of sp³-hybridized carbons (Fsp3) is 0.462. The molecule has 0 aromatic carbocycles. The summed E-state index contributed by atoms with van der Waals surface area (Å²) >= 11 is 0. The van der Waals surface area contributed by atoms with E-state index in [1.165, 1.54) is 11.0 Å². The first-order valence-electron chi connectivity index (χ1n) is 6.05. The van der Waals surface area contributed by atoms with Crippen LogP contribution in [0.1, 0.15) is 23.1 Å². The monoisotopic (exact) mass is 265 g/mol. The number of amides is 1. The Morgan fingerprint density at radius 1 is 1.32 bits per heavy atom. The van der Waals surface area contributed by atoms with E-state index < -0.39 is 5.97 Å². The number of carboxylic acid groups (broad SMARTS) is 1. The van der Waals surface area contributed by atoms with Gasteiger partial charge in [-0.3, -0.25) is 9.69 Å². The Morgan fingerprint density at radius 3 is 2.53 bits per heavy atom. The largest absolute Gasteiger partial charge is 0.477 e. The Hall–Kier alpha value is -1.95. The molecule has 19 heavy (non-hydrogen) atoms. The van der Waals surface area contributed by atoms with Crippen molar-refractivity contribution in [1.82, 2.24) is 14.8 Å². The molecule has 104 valence electrons. The van der Waals surface area contributed by atoms with Gasteiger partial charge in [-0.05, 0) is 18.7 Å². The van der Waals surface area contributed by atoms with E-state index in [9.17, 15) is 9.59 Å². The number of carbonyl (C=O) groups is 2. The molecule has 0 spiro atoms. The maximum Gasteiger partial charge on any atom is 0.354 e. The highest BCUT2D eigenvalue weighted by atomic mass is 16.4. The molecule has 0 unspecified atom stereocenters. The van der Waals surface area contributed by atoms with Crippen LogP contribution in [-0.2, 0) is 11.3 Å². The van der Waals surface area contributed by atoms with Crippen molar-refractivity contribution in [2.75, 3.05) is 27.2 Å². The van der Waals surface area contributed by atoms with E-state index in [4.69, 9.17) is 5.11 Å². The minimum absolute atomic E-state index is 0.0104. The van der Waals surface area contributed by atoms with Crippen LogP contribution in [0, 0.1) is 0 Å². The number of aromatic nitrogens is 1. The van der Waals surface area contributed by atoms with E-state index in [-0.39, 0.29) is 11.6 Å². The summed E-state index contributed by atoms with van der Waals surface area (Å²) in [6.45, 7) is 3.39. The van der Waals surface area contributed by atoms with E-state index in [0.29, 0.717) is 25.3 Å². The molecular formula is C13H19N3O3. The lowest BCUT2D eigenvalue weighted by molar-refractivity contribution is -0.130. The van der Waals surface area contributed by atoms with E-state index in [1.54, 1.807) is 26.2 Å². The molecule has 1 rings (SSSR count). The van der Waals surface area contributed by atoms with Crippen LogP contribution in [0.2, 0.25) is 0 Å². The molecule has 0 aliphatic carbocycles. The highest BCUT2D eigenvalue weighted by Crippen LogP contribution is 2.04. The number of carbonyl (C=O) groups excluding carboxylic acids is 1. The summed E-state index contributed by atoms with van der Waals surface area (Å²) in [5, 5.41) is 8.88. The number of carboxylic acids is 1. The third-order valence-electron chi connectivity index (χ3n) is 2.72. The van der Waals surface area contributed by atoms with Crippen LogP contribution in [0.3, 0.4) is 0 Å². The van der Waals surface area contributed by atoms with Crippen molar-refractivity contribution in [3.8, 4) is 0 Å². The number of hydrogen-bond donors (Lipinski definition) is 1. The summed E-state index contributed by atoms with van der Waals surface area (Å²) in [5.41, 5.74) is 0.667. The first kappa shape index (κ1) is 15.1. The van der Waals surface area contributed by atoms with Crippen LogP contribution in [0.15, 0.2) is 18.2 Å². The molecule has 0 radical (unpaired) electrons.